The zero-order valence-corrected chi connectivity index (χ0v) is 64.3. The largest absolute Gasteiger partial charge is 0.497 e. The number of esters is 1. The molecule has 11 N–H and O–H groups in total. The number of amides is 4. The molecule has 4 amide bonds. The summed E-state index contributed by atoms with van der Waals surface area (Å²) in [6, 6.07) is 17.2. The zero-order valence-electron chi connectivity index (χ0n) is 63.5. The summed E-state index contributed by atoms with van der Waals surface area (Å²) in [5, 5.41) is 79.0. The molecule has 4 saturated heterocycles. The first-order valence-electron chi connectivity index (χ1n) is 36.7. The van der Waals surface area contributed by atoms with E-state index in [1.54, 1.807) is 135 Å². The number of aliphatic hydroxyl groups excluding tert-OH is 3. The van der Waals surface area contributed by atoms with Gasteiger partial charge in [-0.25, -0.2) is 0 Å². The quantitative estimate of drug-likeness (QED) is 0.0182. The highest BCUT2D eigenvalue weighted by Gasteiger charge is 2.67. The van der Waals surface area contributed by atoms with E-state index in [2.05, 4.69) is 31.9 Å². The van der Waals surface area contributed by atoms with Gasteiger partial charge in [-0.15, -0.1) is 0 Å². The van der Waals surface area contributed by atoms with E-state index < -0.39 is 168 Å². The first kappa shape index (κ1) is 84.1. The molecule has 0 aliphatic carbocycles. The lowest BCUT2D eigenvalue weighted by molar-refractivity contribution is -0.316. The average molecular weight is 1490 g/mol. The molecular formula is C77H113ClN8O19. The first-order chi connectivity index (χ1) is 49.5. The second kappa shape index (κ2) is 35.7. The Hall–Kier alpha value is -6.54. The summed E-state index contributed by atoms with van der Waals surface area (Å²) in [6.45, 7) is 21.7. The maximum atomic E-state index is 15.1. The molecule has 582 valence electrons. The van der Waals surface area contributed by atoms with Gasteiger partial charge in [0.1, 0.15) is 35.8 Å². The molecule has 21 atom stereocenters. The normalized spacial score (nSPS) is 33.2. The monoisotopic (exact) mass is 1490 g/mol. The van der Waals surface area contributed by atoms with Crippen molar-refractivity contribution in [3.05, 3.63) is 100 Å². The predicted octanol–water partition coefficient (Wildman–Crippen LogP) is 4.19. The number of aromatic nitrogens is 1. The van der Waals surface area contributed by atoms with Gasteiger partial charge in [-0.05, 0) is 160 Å². The third-order valence-corrected chi connectivity index (χ3v) is 22.1. The van der Waals surface area contributed by atoms with Crippen LogP contribution in [0.2, 0.25) is 5.02 Å². The number of ether oxygens (including phenoxy) is 7. The summed E-state index contributed by atoms with van der Waals surface area (Å²) >= 11 is 6.13. The van der Waals surface area contributed by atoms with Crippen molar-refractivity contribution >= 4 is 63.8 Å². The lowest BCUT2D eigenvalue weighted by atomic mass is 9.77. The van der Waals surface area contributed by atoms with Crippen molar-refractivity contribution in [2.24, 2.45) is 23.7 Å². The van der Waals surface area contributed by atoms with Crippen LogP contribution in [-0.4, -0.2) is 238 Å². The Morgan fingerprint density at radius 1 is 0.829 bits per heavy atom. The first-order valence-corrected chi connectivity index (χ1v) is 37.1. The van der Waals surface area contributed by atoms with Gasteiger partial charge in [0.2, 0.25) is 23.6 Å². The Morgan fingerprint density at radius 3 is 2.13 bits per heavy atom. The minimum Gasteiger partial charge on any atom is -0.497 e. The van der Waals surface area contributed by atoms with Crippen LogP contribution >= 0.6 is 11.6 Å². The fraction of sp³-hybridized carbons (Fsp3) is 0.649. The highest BCUT2D eigenvalue weighted by atomic mass is 35.5. The van der Waals surface area contributed by atoms with Crippen LogP contribution in [-0.2, 0) is 70.0 Å². The number of carbonyl (C=O) groups is 7. The zero-order chi connectivity index (χ0) is 77.4. The predicted molar refractivity (Wildman–Crippen MR) is 392 cm³/mol. The number of hydrogen-bond acceptors (Lipinski definition) is 22. The van der Waals surface area contributed by atoms with Crippen LogP contribution in [0, 0.1) is 30.6 Å². The molecular weight excluding hydrogens is 1380 g/mol. The van der Waals surface area contributed by atoms with Gasteiger partial charge < -0.3 is 85.3 Å². The van der Waals surface area contributed by atoms with Crippen molar-refractivity contribution < 1.29 is 92.3 Å². The van der Waals surface area contributed by atoms with E-state index in [4.69, 9.17) is 44.8 Å². The number of hydrogen-bond donors (Lipinski definition) is 11. The van der Waals surface area contributed by atoms with E-state index >= 15 is 4.79 Å². The van der Waals surface area contributed by atoms with E-state index in [9.17, 15) is 54.3 Å². The van der Waals surface area contributed by atoms with Gasteiger partial charge in [0, 0.05) is 78.9 Å². The molecule has 4 fully saturated rings. The Bertz CT molecular complexity index is 3660. The van der Waals surface area contributed by atoms with Crippen LogP contribution in [0.25, 0.3) is 10.9 Å². The van der Waals surface area contributed by atoms with E-state index in [1.165, 1.54) is 25.7 Å². The van der Waals surface area contributed by atoms with Crippen molar-refractivity contribution in [3.63, 3.8) is 0 Å². The summed E-state index contributed by atoms with van der Waals surface area (Å²) < 4.78 is 45.2. The Labute approximate surface area is 621 Å². The molecule has 0 spiro atoms. The molecule has 5 heterocycles. The van der Waals surface area contributed by atoms with Crippen molar-refractivity contribution in [3.8, 4) is 5.75 Å². The van der Waals surface area contributed by atoms with Crippen molar-refractivity contribution in [2.45, 2.75) is 243 Å². The standard InChI is InChI=1S/C77H113ClN8O19/c1-17-58-76(13,98)66(91)47(9)85(40-42(4)36-74(11,97)69(105-72-63(90)55(79-14)32-43(5)101-72)44(6)64(45(7)71(95)103-58)104-62-37-75(12,100-16)67(92)48(10)102-62)31-21-30-80-60(88)38-82-73(96)77(65(84-77)41(2)3)68(93)56(33-49-22-19-18-20-23-49)83-61(89)39-81-59(87)35-53-46(8)86(57-29-28-52(99-15)34-54(53)57)70(94)50-24-26-51(78)27-25-50/h18-20,22-29,34,41-45,47-48,55-56,58,62-67,69,72,79,84,90-92,97-98H,17,21,30-33,35-40H2,1-16H3,(H,80,88)(H,81,87)(H,82,96)(H,83,89). The Balaban J connectivity index is 0.954. The average Bonchev–Trinajstić information content (AvgIpc) is 1.57. The second-order valence-corrected chi connectivity index (χ2v) is 30.8. The van der Waals surface area contributed by atoms with Gasteiger partial charge in [-0.2, -0.15) is 0 Å². The Kier molecular flexibility index (Phi) is 28.6. The van der Waals surface area contributed by atoms with Gasteiger partial charge in [0.05, 0.1) is 79.7 Å². The molecule has 0 radical (unpaired) electrons. The fourth-order valence-electron chi connectivity index (χ4n) is 15.8. The van der Waals surface area contributed by atoms with Crippen molar-refractivity contribution in [2.75, 3.05) is 54.0 Å². The number of rotatable bonds is 26. The summed E-state index contributed by atoms with van der Waals surface area (Å²) in [5.74, 6) is -6.71. The number of likely N-dealkylation sites (N-methyl/N-ethyl adjacent to an activating group) is 1. The number of ketones is 1. The third kappa shape index (κ3) is 19.5. The highest BCUT2D eigenvalue weighted by molar-refractivity contribution is 6.30. The smallest absolute Gasteiger partial charge is 0.311 e. The number of aliphatic hydroxyl groups is 5. The van der Waals surface area contributed by atoms with Crippen molar-refractivity contribution in [1.82, 2.24) is 41.4 Å². The Morgan fingerprint density at radius 2 is 1.50 bits per heavy atom. The number of nitrogens with zero attached hydrogens (tertiary/aromatic N) is 2. The third-order valence-electron chi connectivity index (χ3n) is 21.9. The lowest BCUT2D eigenvalue weighted by Gasteiger charge is -2.48. The molecule has 4 aliphatic heterocycles. The maximum Gasteiger partial charge on any atom is 0.311 e. The summed E-state index contributed by atoms with van der Waals surface area (Å²) in [5.41, 5.74) is -4.24. The molecule has 28 heteroatoms. The number of Topliss-reactive ketones (excluding diaryl/α,β-unsaturated/α-hetero) is 1. The van der Waals surface area contributed by atoms with Crippen LogP contribution < -0.4 is 36.6 Å². The van der Waals surface area contributed by atoms with Crippen LogP contribution in [0.4, 0.5) is 0 Å². The molecule has 4 aromatic rings. The summed E-state index contributed by atoms with van der Waals surface area (Å²) in [4.78, 5) is 102. The molecule has 3 aromatic carbocycles. The maximum absolute atomic E-state index is 15.1. The van der Waals surface area contributed by atoms with E-state index in [0.29, 0.717) is 50.5 Å². The van der Waals surface area contributed by atoms with Gasteiger partial charge in [0.15, 0.2) is 23.9 Å². The van der Waals surface area contributed by atoms with Gasteiger partial charge >= 0.3 is 5.97 Å². The van der Waals surface area contributed by atoms with Gasteiger partial charge in [-0.1, -0.05) is 76.6 Å². The summed E-state index contributed by atoms with van der Waals surface area (Å²) in [6.07, 6.45) is -10.2. The molecule has 8 rings (SSSR count). The topological polar surface area (TPSA) is 376 Å². The van der Waals surface area contributed by atoms with Crippen LogP contribution in [0.5, 0.6) is 5.75 Å². The number of carbonyl (C=O) groups excluding carboxylic acids is 7. The molecule has 1 aromatic heterocycles. The van der Waals surface area contributed by atoms with E-state index in [0.717, 1.165) is 0 Å². The number of halogens is 1. The summed E-state index contributed by atoms with van der Waals surface area (Å²) in [7, 11) is 4.70. The molecule has 21 unspecified atom stereocenters. The number of fused-ring (bicyclic) bond motifs is 1. The fourth-order valence-corrected chi connectivity index (χ4v) is 15.9. The molecule has 27 nitrogen and oxygen atoms in total. The minimum atomic E-state index is -2.05. The number of benzene rings is 3. The van der Waals surface area contributed by atoms with Crippen LogP contribution in [0.15, 0.2) is 72.8 Å². The van der Waals surface area contributed by atoms with Gasteiger partial charge in [-0.3, -0.25) is 48.3 Å². The second-order valence-electron chi connectivity index (χ2n) is 30.4. The number of nitrogens with one attached hydrogen (secondary N) is 6. The lowest BCUT2D eigenvalue weighted by Crippen LogP contribution is -2.60. The van der Waals surface area contributed by atoms with Crippen molar-refractivity contribution in [1.29, 1.82) is 0 Å². The minimum absolute atomic E-state index is 0.0290. The van der Waals surface area contributed by atoms with Crippen LogP contribution in [0.1, 0.15) is 142 Å². The highest BCUT2D eigenvalue weighted by Crippen LogP contribution is 2.42. The number of methoxy groups -OCH3 is 2. The molecule has 0 saturated carbocycles. The van der Waals surface area contributed by atoms with Crippen LogP contribution in [0.3, 0.4) is 0 Å². The van der Waals surface area contributed by atoms with E-state index in [-0.39, 0.29) is 76.1 Å². The van der Waals surface area contributed by atoms with Gasteiger partial charge in [0.25, 0.3) is 5.91 Å². The molecule has 4 aliphatic rings. The molecule has 105 heavy (non-hydrogen) atoms. The number of cyclic esters (lactones) is 1. The van der Waals surface area contributed by atoms with E-state index in [1.807, 2.05) is 32.6 Å². The SMILES string of the molecule is CCC1OC(=O)C(C)C(OC2CC(C)(OC)C(O)C(C)O2)C(C)C(OC2OC(C)CC(NC)C2O)C(C)(O)CC(C)CN(CCCNC(=O)CNC(=O)C2(C(=O)C(Cc3ccccc3)NC(=O)CNC(=O)Cc3c(C)n(C(=O)c4ccc(Cl)cc4)c4ccc(OC)cc34)NC2C(C)C)C(C)C(O)C1(C)O. The molecule has 0 bridgehead atoms.